The predicted octanol–water partition coefficient (Wildman–Crippen LogP) is 1.51. The molecule has 1 fully saturated rings. The molecule has 0 saturated carbocycles. The van der Waals surface area contributed by atoms with Crippen molar-refractivity contribution in [3.05, 3.63) is 35.7 Å². The van der Waals surface area contributed by atoms with Gasteiger partial charge in [-0.3, -0.25) is 9.69 Å². The Morgan fingerprint density at radius 2 is 2.00 bits per heavy atom. The maximum Gasteiger partial charge on any atom is 0.244 e. The zero-order chi connectivity index (χ0) is 19.3. The molecule has 0 N–H and O–H groups in total. The summed E-state index contributed by atoms with van der Waals surface area (Å²) in [4.78, 5) is 16.8. The monoisotopic (exact) mass is 384 g/mol. The highest BCUT2D eigenvalue weighted by Crippen LogP contribution is 2.28. The molecular formula is C20H28N6O2. The highest BCUT2D eigenvalue weighted by Gasteiger charge is 2.25. The fourth-order valence-electron chi connectivity index (χ4n) is 3.97. The molecule has 1 amide bonds. The summed E-state index contributed by atoms with van der Waals surface area (Å²) in [6, 6.07) is 8.04. The first-order valence-electron chi connectivity index (χ1n) is 10.1. The molecule has 1 aromatic heterocycles. The van der Waals surface area contributed by atoms with Crippen LogP contribution < -0.4 is 4.74 Å². The molecule has 3 heterocycles. The number of rotatable bonds is 6. The molecule has 1 aromatic carbocycles. The predicted molar refractivity (Wildman–Crippen MR) is 104 cm³/mol. The summed E-state index contributed by atoms with van der Waals surface area (Å²) in [5, 5.41) is 12.0. The molecule has 2 aromatic rings. The summed E-state index contributed by atoms with van der Waals surface area (Å²) in [6.45, 7) is 3.55. The van der Waals surface area contributed by atoms with Gasteiger partial charge in [-0.15, -0.1) is 5.10 Å². The third-order valence-corrected chi connectivity index (χ3v) is 5.57. The van der Waals surface area contributed by atoms with Gasteiger partial charge in [0.25, 0.3) is 0 Å². The second-order valence-corrected chi connectivity index (χ2v) is 7.77. The van der Waals surface area contributed by atoms with E-state index in [1.807, 2.05) is 25.2 Å². The molecule has 1 saturated heterocycles. The number of hydrogen-bond acceptors (Lipinski definition) is 6. The van der Waals surface area contributed by atoms with Crippen molar-refractivity contribution in [3.8, 4) is 5.75 Å². The van der Waals surface area contributed by atoms with Gasteiger partial charge in [-0.05, 0) is 48.0 Å². The number of tetrazole rings is 1. The van der Waals surface area contributed by atoms with Crippen molar-refractivity contribution in [1.29, 1.82) is 0 Å². The van der Waals surface area contributed by atoms with Crippen LogP contribution in [-0.2, 0) is 24.3 Å². The van der Waals surface area contributed by atoms with E-state index in [2.05, 4.69) is 26.5 Å². The molecule has 28 heavy (non-hydrogen) atoms. The van der Waals surface area contributed by atoms with Crippen LogP contribution in [0.15, 0.2) is 24.3 Å². The molecule has 2 aliphatic rings. The van der Waals surface area contributed by atoms with Crippen molar-refractivity contribution < 1.29 is 9.53 Å². The Hall–Kier alpha value is -2.48. The first kappa shape index (κ1) is 18.9. The summed E-state index contributed by atoms with van der Waals surface area (Å²) in [5.41, 5.74) is 1.20. The molecule has 8 heteroatoms. The van der Waals surface area contributed by atoms with Crippen LogP contribution in [0.5, 0.6) is 5.75 Å². The maximum atomic E-state index is 12.7. The van der Waals surface area contributed by atoms with Gasteiger partial charge >= 0.3 is 0 Å². The zero-order valence-electron chi connectivity index (χ0n) is 16.5. The van der Waals surface area contributed by atoms with Crippen molar-refractivity contribution in [2.24, 2.45) is 0 Å². The van der Waals surface area contributed by atoms with Crippen molar-refractivity contribution in [2.75, 3.05) is 26.7 Å². The number of fused-ring (bicyclic) bond motifs is 1. The summed E-state index contributed by atoms with van der Waals surface area (Å²) in [7, 11) is 1.81. The van der Waals surface area contributed by atoms with Crippen molar-refractivity contribution in [1.82, 2.24) is 30.0 Å². The standard InChI is InChI=1S/C20H28N6O2/c1-24(13-17-12-16-8-4-5-9-18(16)28-17)20(27)15-26-19(21-22-23-26)14-25-10-6-2-3-7-11-25/h4-5,8-9,17H,2-3,6-7,10-15H2,1H3/t17-/m0/s1. The second kappa shape index (κ2) is 8.68. The lowest BCUT2D eigenvalue weighted by Crippen LogP contribution is -2.38. The minimum atomic E-state index is -0.0102. The number of carbonyl (C=O) groups excluding carboxylic acids is 1. The number of hydrogen-bond donors (Lipinski definition) is 0. The van der Waals surface area contributed by atoms with Crippen LogP contribution in [0.1, 0.15) is 37.1 Å². The topological polar surface area (TPSA) is 76.4 Å². The summed E-state index contributed by atoms with van der Waals surface area (Å²) in [5.74, 6) is 1.67. The lowest BCUT2D eigenvalue weighted by atomic mass is 10.1. The Balaban J connectivity index is 1.31. The van der Waals surface area contributed by atoms with Crippen LogP contribution in [0, 0.1) is 0 Å². The van der Waals surface area contributed by atoms with Crippen molar-refractivity contribution in [3.63, 3.8) is 0 Å². The molecule has 2 aliphatic heterocycles. The number of carbonyl (C=O) groups is 1. The van der Waals surface area contributed by atoms with E-state index >= 15 is 0 Å². The molecular weight excluding hydrogens is 356 g/mol. The van der Waals surface area contributed by atoms with Crippen LogP contribution >= 0.6 is 0 Å². The van der Waals surface area contributed by atoms with Gasteiger partial charge in [0.15, 0.2) is 5.82 Å². The quantitative estimate of drug-likeness (QED) is 0.751. The number of nitrogens with zero attached hydrogens (tertiary/aromatic N) is 6. The molecule has 150 valence electrons. The molecule has 4 rings (SSSR count). The normalized spacial score (nSPS) is 19.7. The van der Waals surface area contributed by atoms with Gasteiger partial charge in [0.2, 0.25) is 5.91 Å². The number of para-hydroxylation sites is 1. The molecule has 1 atom stereocenters. The lowest BCUT2D eigenvalue weighted by molar-refractivity contribution is -0.131. The van der Waals surface area contributed by atoms with Gasteiger partial charge in [0.1, 0.15) is 18.4 Å². The van der Waals surface area contributed by atoms with Crippen LogP contribution in [-0.4, -0.2) is 68.7 Å². The molecule has 0 bridgehead atoms. The molecule has 0 spiro atoms. The van der Waals surface area contributed by atoms with Crippen molar-refractivity contribution in [2.45, 2.75) is 51.3 Å². The molecule has 8 nitrogen and oxygen atoms in total. The average Bonchev–Trinajstić information content (AvgIpc) is 3.20. The number of aromatic nitrogens is 4. The maximum absolute atomic E-state index is 12.7. The first-order chi connectivity index (χ1) is 13.7. The Kier molecular flexibility index (Phi) is 5.85. The van der Waals surface area contributed by atoms with Crippen LogP contribution in [0.25, 0.3) is 0 Å². The van der Waals surface area contributed by atoms with E-state index < -0.39 is 0 Å². The van der Waals surface area contributed by atoms with E-state index in [-0.39, 0.29) is 18.6 Å². The zero-order valence-corrected chi connectivity index (χ0v) is 16.5. The minimum absolute atomic E-state index is 0.00297. The fraction of sp³-hybridized carbons (Fsp3) is 0.600. The SMILES string of the molecule is CN(C[C@@H]1Cc2ccccc2O1)C(=O)Cn1nnnc1CN1CCCCCC1. The highest BCUT2D eigenvalue weighted by atomic mass is 16.5. The van der Waals surface area contributed by atoms with E-state index in [4.69, 9.17) is 4.74 Å². The summed E-state index contributed by atoms with van der Waals surface area (Å²) < 4.78 is 7.58. The lowest BCUT2D eigenvalue weighted by Gasteiger charge is -2.22. The Bertz CT molecular complexity index is 774. The number of ether oxygens (including phenoxy) is 1. The molecule has 0 unspecified atom stereocenters. The van der Waals surface area contributed by atoms with Crippen LogP contribution in [0.2, 0.25) is 0 Å². The fourth-order valence-corrected chi connectivity index (χ4v) is 3.97. The largest absolute Gasteiger partial charge is 0.488 e. The van der Waals surface area contributed by atoms with Gasteiger partial charge in [-0.2, -0.15) is 0 Å². The first-order valence-corrected chi connectivity index (χ1v) is 10.1. The Labute approximate surface area is 165 Å². The Morgan fingerprint density at radius 1 is 1.21 bits per heavy atom. The third kappa shape index (κ3) is 4.49. The van der Waals surface area contributed by atoms with Gasteiger partial charge < -0.3 is 9.64 Å². The average molecular weight is 384 g/mol. The van der Waals surface area contributed by atoms with Gasteiger partial charge in [-0.25, -0.2) is 4.68 Å². The Morgan fingerprint density at radius 3 is 2.79 bits per heavy atom. The van der Waals surface area contributed by atoms with E-state index in [1.165, 1.54) is 31.2 Å². The van der Waals surface area contributed by atoms with E-state index in [0.717, 1.165) is 31.1 Å². The van der Waals surface area contributed by atoms with Gasteiger partial charge in [-0.1, -0.05) is 31.0 Å². The third-order valence-electron chi connectivity index (χ3n) is 5.57. The number of amides is 1. The van der Waals surface area contributed by atoms with Crippen LogP contribution in [0.3, 0.4) is 0 Å². The number of benzene rings is 1. The van der Waals surface area contributed by atoms with E-state index in [1.54, 1.807) is 9.58 Å². The highest BCUT2D eigenvalue weighted by molar-refractivity contribution is 5.75. The second-order valence-electron chi connectivity index (χ2n) is 7.77. The molecule has 0 aliphatic carbocycles. The van der Waals surface area contributed by atoms with Crippen molar-refractivity contribution >= 4 is 5.91 Å². The van der Waals surface area contributed by atoms with E-state index in [0.29, 0.717) is 13.1 Å². The summed E-state index contributed by atoms with van der Waals surface area (Å²) in [6.07, 6.45) is 5.84. The minimum Gasteiger partial charge on any atom is -0.488 e. The summed E-state index contributed by atoms with van der Waals surface area (Å²) >= 11 is 0. The van der Waals surface area contributed by atoms with Gasteiger partial charge in [0.05, 0.1) is 13.1 Å². The molecule has 0 radical (unpaired) electrons. The smallest absolute Gasteiger partial charge is 0.244 e. The number of likely N-dealkylation sites (N-methyl/N-ethyl adjacent to an activating group) is 1. The van der Waals surface area contributed by atoms with E-state index in [9.17, 15) is 4.79 Å². The van der Waals surface area contributed by atoms with Gasteiger partial charge in [0, 0.05) is 13.5 Å². The van der Waals surface area contributed by atoms with Crippen LogP contribution in [0.4, 0.5) is 0 Å². The number of likely N-dealkylation sites (tertiary alicyclic amines) is 1.